The molecule has 0 aliphatic heterocycles. The van der Waals surface area contributed by atoms with Crippen LogP contribution in [0.3, 0.4) is 0 Å². The maximum atomic E-state index is 12.2. The second-order valence-electron chi connectivity index (χ2n) is 5.52. The van der Waals surface area contributed by atoms with Gasteiger partial charge in [0.05, 0.1) is 4.90 Å². The number of carbonyl (C=O) groups excluding carboxylic acids is 1. The minimum atomic E-state index is -4.23. The van der Waals surface area contributed by atoms with Crippen LogP contribution in [-0.2, 0) is 10.1 Å². The molecule has 0 fully saturated rings. The van der Waals surface area contributed by atoms with Crippen LogP contribution in [0, 0.1) is 6.92 Å². The minimum absolute atomic E-state index is 0. The number of aryl methyl sites for hydroxylation is 1. The molecule has 0 spiro atoms. The molecule has 3 aromatic carbocycles. The fourth-order valence-corrected chi connectivity index (χ4v) is 2.89. The molecule has 3 aromatic rings. The second-order valence-corrected chi connectivity index (χ2v) is 6.94. The zero-order valence-corrected chi connectivity index (χ0v) is 13.7. The van der Waals surface area contributed by atoms with E-state index in [1.807, 2.05) is 19.1 Å². The third-order valence-corrected chi connectivity index (χ3v) is 4.53. The molecule has 7 heteroatoms. The molecule has 5 nitrogen and oxygen atoms in total. The van der Waals surface area contributed by atoms with E-state index in [1.54, 1.807) is 36.4 Å². The van der Waals surface area contributed by atoms with Gasteiger partial charge in [0, 0.05) is 11.3 Å². The van der Waals surface area contributed by atoms with Crippen LogP contribution < -0.4 is 5.32 Å². The molecule has 124 valence electrons. The third-order valence-electron chi connectivity index (χ3n) is 3.68. The van der Waals surface area contributed by atoms with Gasteiger partial charge in [-0.1, -0.05) is 29.8 Å². The van der Waals surface area contributed by atoms with Crippen LogP contribution in [0.4, 0.5) is 5.69 Å². The molecule has 0 saturated carbocycles. The Labute approximate surface area is 168 Å². The van der Waals surface area contributed by atoms with Crippen molar-refractivity contribution in [2.45, 2.75) is 11.8 Å². The molecule has 0 bridgehead atoms. The fourth-order valence-electron chi connectivity index (χ4n) is 2.37. The van der Waals surface area contributed by atoms with Crippen molar-refractivity contribution < 1.29 is 17.8 Å². The monoisotopic (exact) mass is 365 g/mol. The van der Waals surface area contributed by atoms with E-state index in [0.717, 1.165) is 10.9 Å². The number of carbonyl (C=O) groups is 1. The Kier molecular flexibility index (Phi) is 6.03. The fraction of sp³-hybridized carbons (Fsp3) is 0.0556. The average Bonchev–Trinajstić information content (AvgIpc) is 2.54. The molecule has 0 radical (unpaired) electrons. The second kappa shape index (κ2) is 7.68. The maximum absolute atomic E-state index is 12.2. The molecule has 0 atom stereocenters. The molecule has 0 aliphatic rings. The Morgan fingerprint density at radius 2 is 1.52 bits per heavy atom. The van der Waals surface area contributed by atoms with Crippen molar-refractivity contribution in [3.8, 4) is 0 Å². The summed E-state index contributed by atoms with van der Waals surface area (Å²) < 4.78 is 31.4. The summed E-state index contributed by atoms with van der Waals surface area (Å²) in [6.45, 7) is 1.95. The van der Waals surface area contributed by atoms with Gasteiger partial charge in [-0.3, -0.25) is 9.35 Å². The molecule has 0 unspecified atom stereocenters. The molecule has 0 heterocycles. The van der Waals surface area contributed by atoms with Crippen molar-refractivity contribution in [2.24, 2.45) is 0 Å². The number of nitrogens with one attached hydrogen (secondary N) is 1. The standard InChI is InChI=1S/C18H15NO4S.Na.H/c1-12-2-4-13(5-3-12)18(20)19-16-8-6-15-11-17(24(21,22)23)9-7-14(15)10-16;;/h2-11H,1H3,(H,19,20)(H,21,22,23);;. The van der Waals surface area contributed by atoms with E-state index in [1.165, 1.54) is 12.1 Å². The van der Waals surface area contributed by atoms with Crippen molar-refractivity contribution in [1.82, 2.24) is 0 Å². The number of anilines is 1. The molecule has 0 aromatic heterocycles. The summed E-state index contributed by atoms with van der Waals surface area (Å²) in [5, 5.41) is 4.21. The van der Waals surface area contributed by atoms with Crippen molar-refractivity contribution in [2.75, 3.05) is 5.32 Å². The SMILES string of the molecule is Cc1ccc(C(=O)Nc2ccc3cc(S(=O)(=O)O)ccc3c2)cc1.[NaH]. The van der Waals surface area contributed by atoms with Crippen LogP contribution in [0.25, 0.3) is 10.8 Å². The van der Waals surface area contributed by atoms with E-state index in [2.05, 4.69) is 5.32 Å². The van der Waals surface area contributed by atoms with Gasteiger partial charge in [0.2, 0.25) is 0 Å². The molecule has 2 N–H and O–H groups in total. The van der Waals surface area contributed by atoms with Crippen LogP contribution >= 0.6 is 0 Å². The van der Waals surface area contributed by atoms with Gasteiger partial charge in [-0.2, -0.15) is 8.42 Å². The van der Waals surface area contributed by atoms with E-state index in [-0.39, 0.29) is 40.4 Å². The van der Waals surface area contributed by atoms with Gasteiger partial charge >= 0.3 is 29.6 Å². The number of benzene rings is 3. The quantitative estimate of drug-likeness (QED) is 0.552. The molecular weight excluding hydrogens is 349 g/mol. The van der Waals surface area contributed by atoms with E-state index in [0.29, 0.717) is 16.6 Å². The van der Waals surface area contributed by atoms with Gasteiger partial charge < -0.3 is 5.32 Å². The van der Waals surface area contributed by atoms with Crippen molar-refractivity contribution in [3.05, 3.63) is 71.8 Å². The summed E-state index contributed by atoms with van der Waals surface area (Å²) in [6, 6.07) is 16.7. The van der Waals surface area contributed by atoms with Gasteiger partial charge in [-0.15, -0.1) is 0 Å². The van der Waals surface area contributed by atoms with Gasteiger partial charge in [-0.05, 0) is 54.1 Å². The van der Waals surface area contributed by atoms with Gasteiger partial charge in [0.15, 0.2) is 0 Å². The molecule has 25 heavy (non-hydrogen) atoms. The number of rotatable bonds is 3. The first-order chi connectivity index (χ1) is 11.3. The van der Waals surface area contributed by atoms with Crippen molar-refractivity contribution in [3.63, 3.8) is 0 Å². The van der Waals surface area contributed by atoms with E-state index < -0.39 is 10.1 Å². The number of hydrogen-bond acceptors (Lipinski definition) is 3. The van der Waals surface area contributed by atoms with Crippen molar-refractivity contribution in [1.29, 1.82) is 0 Å². The van der Waals surface area contributed by atoms with Crippen LogP contribution in [0.15, 0.2) is 65.6 Å². The molecule has 3 rings (SSSR count). The van der Waals surface area contributed by atoms with E-state index in [4.69, 9.17) is 4.55 Å². The Hall–Kier alpha value is -1.70. The Balaban J connectivity index is 0.00000225. The summed E-state index contributed by atoms with van der Waals surface area (Å²) in [5.41, 5.74) is 2.24. The first-order valence-electron chi connectivity index (χ1n) is 7.22. The molecule has 1 amide bonds. The van der Waals surface area contributed by atoms with Crippen LogP contribution in [0.5, 0.6) is 0 Å². The summed E-state index contributed by atoms with van der Waals surface area (Å²) in [5.74, 6) is -0.219. The summed E-state index contributed by atoms with van der Waals surface area (Å²) in [7, 11) is -4.23. The normalized spacial score (nSPS) is 11.0. The van der Waals surface area contributed by atoms with Crippen LogP contribution in [-0.4, -0.2) is 48.4 Å². The predicted octanol–water partition coefficient (Wildman–Crippen LogP) is 3.00. The van der Waals surface area contributed by atoms with Gasteiger partial charge in [-0.25, -0.2) is 0 Å². The first kappa shape index (κ1) is 19.6. The summed E-state index contributed by atoms with van der Waals surface area (Å²) in [6.07, 6.45) is 0. The Morgan fingerprint density at radius 1 is 0.920 bits per heavy atom. The topological polar surface area (TPSA) is 83.5 Å². The summed E-state index contributed by atoms with van der Waals surface area (Å²) >= 11 is 0. The average molecular weight is 365 g/mol. The number of hydrogen-bond donors (Lipinski definition) is 2. The molecule has 0 aliphatic carbocycles. The van der Waals surface area contributed by atoms with Gasteiger partial charge in [0.1, 0.15) is 0 Å². The molecule has 0 saturated heterocycles. The first-order valence-corrected chi connectivity index (χ1v) is 8.66. The van der Waals surface area contributed by atoms with E-state index in [9.17, 15) is 13.2 Å². The number of amides is 1. The predicted molar refractivity (Wildman–Crippen MR) is 100 cm³/mol. The van der Waals surface area contributed by atoms with Crippen molar-refractivity contribution >= 4 is 62.0 Å². The molecular formula is C18H16NNaO4S. The zero-order chi connectivity index (χ0) is 17.3. The third kappa shape index (κ3) is 4.68. The summed E-state index contributed by atoms with van der Waals surface area (Å²) in [4.78, 5) is 12.1. The van der Waals surface area contributed by atoms with Crippen LogP contribution in [0.1, 0.15) is 15.9 Å². The Bertz CT molecular complexity index is 1030. The van der Waals surface area contributed by atoms with Crippen LogP contribution in [0.2, 0.25) is 0 Å². The number of fused-ring (bicyclic) bond motifs is 1. The Morgan fingerprint density at radius 3 is 2.16 bits per heavy atom. The van der Waals surface area contributed by atoms with Gasteiger partial charge in [0.25, 0.3) is 16.0 Å². The van der Waals surface area contributed by atoms with E-state index >= 15 is 0 Å². The zero-order valence-electron chi connectivity index (χ0n) is 12.9.